The van der Waals surface area contributed by atoms with Gasteiger partial charge in [0, 0.05) is 25.0 Å². The predicted octanol–water partition coefficient (Wildman–Crippen LogP) is 5.51. The number of nitrogens with one attached hydrogen (secondary N) is 1. The Balaban J connectivity index is 1.21. The van der Waals surface area contributed by atoms with E-state index in [4.69, 9.17) is 19.4 Å². The summed E-state index contributed by atoms with van der Waals surface area (Å²) in [5.74, 6) is 2.42. The third-order valence-corrected chi connectivity index (χ3v) is 6.22. The van der Waals surface area contributed by atoms with Crippen molar-refractivity contribution < 1.29 is 9.47 Å². The van der Waals surface area contributed by atoms with Crippen molar-refractivity contribution in [2.24, 2.45) is 0 Å². The molecule has 1 aliphatic rings. The molecule has 0 spiro atoms. The van der Waals surface area contributed by atoms with Gasteiger partial charge in [0.2, 0.25) is 0 Å². The average Bonchev–Trinajstić information content (AvgIpc) is 2.94. The molecule has 0 bridgehead atoms. The molecule has 0 unspecified atom stereocenters. The molecule has 0 amide bonds. The van der Waals surface area contributed by atoms with Crippen LogP contribution in [0.1, 0.15) is 23.4 Å². The molecule has 0 saturated carbocycles. The van der Waals surface area contributed by atoms with Crippen molar-refractivity contribution in [3.05, 3.63) is 95.8 Å². The third kappa shape index (κ3) is 6.68. The van der Waals surface area contributed by atoms with Crippen LogP contribution in [-0.4, -0.2) is 54.3 Å². The molecule has 6 nitrogen and oxygen atoms in total. The minimum atomic E-state index is 0.559. The summed E-state index contributed by atoms with van der Waals surface area (Å²) < 4.78 is 11.3. The number of hydrogen-bond acceptors (Lipinski definition) is 6. The maximum Gasteiger partial charge on any atom is 0.154 e. The summed E-state index contributed by atoms with van der Waals surface area (Å²) in [5.41, 5.74) is 3.16. The first-order valence-corrected chi connectivity index (χ1v) is 12.6. The van der Waals surface area contributed by atoms with Crippen LogP contribution in [0.2, 0.25) is 0 Å². The molecule has 0 radical (unpaired) electrons. The molecule has 3 aromatic carbocycles. The molecule has 4 aromatic rings. The monoisotopic (exact) mass is 480 g/mol. The van der Waals surface area contributed by atoms with Crippen LogP contribution in [-0.2, 0) is 11.3 Å². The topological polar surface area (TPSA) is 59.5 Å². The van der Waals surface area contributed by atoms with Crippen molar-refractivity contribution >= 4 is 28.9 Å². The number of para-hydroxylation sites is 1. The van der Waals surface area contributed by atoms with Gasteiger partial charge in [-0.2, -0.15) is 0 Å². The number of anilines is 1. The van der Waals surface area contributed by atoms with Crippen molar-refractivity contribution in [1.82, 2.24) is 14.9 Å². The highest BCUT2D eigenvalue weighted by molar-refractivity contribution is 5.90. The Kier molecular flexibility index (Phi) is 8.19. The van der Waals surface area contributed by atoms with E-state index in [0.29, 0.717) is 12.4 Å². The number of morpholine rings is 1. The lowest BCUT2D eigenvalue weighted by Crippen LogP contribution is -2.37. The number of nitrogens with zero attached hydrogens (tertiary/aromatic N) is 3. The second-order valence-electron chi connectivity index (χ2n) is 8.86. The number of ether oxygens (including phenoxy) is 2. The zero-order valence-electron chi connectivity index (χ0n) is 20.5. The van der Waals surface area contributed by atoms with Gasteiger partial charge in [-0.1, -0.05) is 60.7 Å². The van der Waals surface area contributed by atoms with E-state index < -0.39 is 0 Å². The van der Waals surface area contributed by atoms with Crippen molar-refractivity contribution in [1.29, 1.82) is 0 Å². The molecule has 6 heteroatoms. The van der Waals surface area contributed by atoms with Crippen LogP contribution >= 0.6 is 0 Å². The van der Waals surface area contributed by atoms with Crippen molar-refractivity contribution in [2.45, 2.75) is 13.0 Å². The molecule has 0 aliphatic carbocycles. The van der Waals surface area contributed by atoms with E-state index in [1.54, 1.807) is 0 Å². The van der Waals surface area contributed by atoms with Gasteiger partial charge in [-0.3, -0.25) is 4.90 Å². The van der Waals surface area contributed by atoms with E-state index in [-0.39, 0.29) is 0 Å². The summed E-state index contributed by atoms with van der Waals surface area (Å²) in [6, 6.07) is 26.4. The van der Waals surface area contributed by atoms with Gasteiger partial charge in [-0.15, -0.1) is 0 Å². The van der Waals surface area contributed by atoms with E-state index in [2.05, 4.69) is 28.4 Å². The Morgan fingerprint density at radius 2 is 1.64 bits per heavy atom. The summed E-state index contributed by atoms with van der Waals surface area (Å²) in [4.78, 5) is 12.0. The average molecular weight is 481 g/mol. The van der Waals surface area contributed by atoms with Crippen molar-refractivity contribution in [3.63, 3.8) is 0 Å². The Morgan fingerprint density at radius 3 is 2.47 bits per heavy atom. The van der Waals surface area contributed by atoms with Gasteiger partial charge in [0.05, 0.1) is 18.7 Å². The first kappa shape index (κ1) is 24.0. The number of rotatable bonds is 10. The Bertz CT molecular complexity index is 1270. The van der Waals surface area contributed by atoms with E-state index >= 15 is 0 Å². The molecule has 1 aliphatic heterocycles. The first-order chi connectivity index (χ1) is 17.8. The number of hydrogen-bond donors (Lipinski definition) is 1. The van der Waals surface area contributed by atoms with E-state index in [9.17, 15) is 0 Å². The summed E-state index contributed by atoms with van der Waals surface area (Å²) >= 11 is 0. The summed E-state index contributed by atoms with van der Waals surface area (Å²) in [6.07, 6.45) is 5.06. The predicted molar refractivity (Wildman–Crippen MR) is 146 cm³/mol. The molecular formula is C30H32N4O2. The molecule has 1 N–H and O–H groups in total. The lowest BCUT2D eigenvalue weighted by molar-refractivity contribution is 0.0378. The van der Waals surface area contributed by atoms with Gasteiger partial charge < -0.3 is 14.8 Å². The smallest absolute Gasteiger partial charge is 0.154 e. The molecule has 1 aromatic heterocycles. The summed E-state index contributed by atoms with van der Waals surface area (Å²) in [7, 11) is 0. The first-order valence-electron chi connectivity index (χ1n) is 12.6. The van der Waals surface area contributed by atoms with Gasteiger partial charge >= 0.3 is 0 Å². The van der Waals surface area contributed by atoms with E-state index in [0.717, 1.165) is 79.4 Å². The quantitative estimate of drug-likeness (QED) is 0.302. The molecule has 36 heavy (non-hydrogen) atoms. The normalized spacial score (nSPS) is 14.3. The minimum absolute atomic E-state index is 0.559. The summed E-state index contributed by atoms with van der Waals surface area (Å²) in [6.45, 7) is 6.20. The highest BCUT2D eigenvalue weighted by Gasteiger charge is 2.10. The lowest BCUT2D eigenvalue weighted by Gasteiger charge is -2.26. The van der Waals surface area contributed by atoms with Crippen LogP contribution in [0.4, 0.5) is 5.82 Å². The number of benzene rings is 3. The molecule has 1 fully saturated rings. The van der Waals surface area contributed by atoms with Gasteiger partial charge in [0.25, 0.3) is 0 Å². The van der Waals surface area contributed by atoms with Crippen molar-refractivity contribution in [2.75, 3.05) is 44.7 Å². The molecule has 0 atom stereocenters. The third-order valence-electron chi connectivity index (χ3n) is 6.22. The maximum atomic E-state index is 5.89. The van der Waals surface area contributed by atoms with Gasteiger partial charge in [-0.25, -0.2) is 9.97 Å². The fourth-order valence-corrected chi connectivity index (χ4v) is 4.22. The fraction of sp³-hybridized carbons (Fsp3) is 0.267. The highest BCUT2D eigenvalue weighted by atomic mass is 16.5. The van der Waals surface area contributed by atoms with Crippen molar-refractivity contribution in [3.8, 4) is 5.75 Å². The van der Waals surface area contributed by atoms with Crippen LogP contribution in [0.5, 0.6) is 5.75 Å². The molecular weight excluding hydrogens is 448 g/mol. The fourth-order valence-electron chi connectivity index (χ4n) is 4.22. The van der Waals surface area contributed by atoms with Crippen LogP contribution in [0, 0.1) is 0 Å². The SMILES string of the molecule is C(=Cc1nc(NCCCN2CCOCC2)c2ccccc2n1)c1ccc(OCc2ccccc2)cc1. The minimum Gasteiger partial charge on any atom is -0.489 e. The molecule has 1 saturated heterocycles. The Labute approximate surface area is 212 Å². The van der Waals surface area contributed by atoms with E-state index in [1.165, 1.54) is 0 Å². The maximum absolute atomic E-state index is 5.89. The van der Waals surface area contributed by atoms with E-state index in [1.807, 2.05) is 72.8 Å². The van der Waals surface area contributed by atoms with Gasteiger partial charge in [0.15, 0.2) is 5.82 Å². The summed E-state index contributed by atoms with van der Waals surface area (Å²) in [5, 5.41) is 4.58. The standard InChI is InChI=1S/C30H32N4O2/c1-2-7-25(8-3-1)23-36-26-14-11-24(12-15-26)13-16-29-32-28-10-5-4-9-27(28)30(33-29)31-17-6-18-34-19-21-35-22-20-34/h1-5,7-16H,6,17-23H2,(H,31,32,33). The number of fused-ring (bicyclic) bond motifs is 1. The molecule has 2 heterocycles. The molecule has 184 valence electrons. The second kappa shape index (κ2) is 12.3. The largest absolute Gasteiger partial charge is 0.489 e. The van der Waals surface area contributed by atoms with Gasteiger partial charge in [-0.05, 0) is 54.4 Å². The second-order valence-corrected chi connectivity index (χ2v) is 8.86. The zero-order valence-corrected chi connectivity index (χ0v) is 20.5. The van der Waals surface area contributed by atoms with Crippen LogP contribution < -0.4 is 10.1 Å². The van der Waals surface area contributed by atoms with Gasteiger partial charge in [0.1, 0.15) is 18.2 Å². The number of aromatic nitrogens is 2. The zero-order chi connectivity index (χ0) is 24.4. The van der Waals surface area contributed by atoms with Crippen LogP contribution in [0.25, 0.3) is 23.1 Å². The Hall–Kier alpha value is -3.74. The highest BCUT2D eigenvalue weighted by Crippen LogP contribution is 2.21. The van der Waals surface area contributed by atoms with Crippen LogP contribution in [0.15, 0.2) is 78.9 Å². The molecule has 5 rings (SSSR count). The Morgan fingerprint density at radius 1 is 0.861 bits per heavy atom. The van der Waals surface area contributed by atoms with Crippen LogP contribution in [0.3, 0.4) is 0 Å². The lowest BCUT2D eigenvalue weighted by atomic mass is 10.2.